The van der Waals surface area contributed by atoms with Crippen molar-refractivity contribution in [1.82, 2.24) is 14.9 Å². The van der Waals surface area contributed by atoms with Crippen LogP contribution in [0.2, 0.25) is 0 Å². The molecule has 1 aliphatic heterocycles. The number of nitrogens with zero attached hydrogens (tertiary/aromatic N) is 4. The number of hydrogen-bond donors (Lipinski definition) is 0. The molecule has 0 amide bonds. The van der Waals surface area contributed by atoms with Crippen LogP contribution in [0.25, 0.3) is 0 Å². The number of aromatic nitrogens is 3. The van der Waals surface area contributed by atoms with E-state index < -0.39 is 0 Å². The minimum Gasteiger partial charge on any atom is -0.191 e. The standard InChI is InChI=1S/C17H20N4S/c1-12-7-9-13(10-8-12)15-11-22-17-19-18-16(21(17)20-15)14-5-3-2-4-6-14/h7-10,14H,2-6,11H2,1H3. The van der Waals surface area contributed by atoms with Crippen molar-refractivity contribution in [3.63, 3.8) is 0 Å². The van der Waals surface area contributed by atoms with Gasteiger partial charge in [0.25, 0.3) is 0 Å². The van der Waals surface area contributed by atoms with Crippen molar-refractivity contribution in [2.45, 2.75) is 50.1 Å². The summed E-state index contributed by atoms with van der Waals surface area (Å²) in [6, 6.07) is 8.60. The number of thioether (sulfide) groups is 1. The summed E-state index contributed by atoms with van der Waals surface area (Å²) in [5, 5.41) is 14.6. The number of rotatable bonds is 2. The molecule has 2 aliphatic rings. The molecule has 4 rings (SSSR count). The summed E-state index contributed by atoms with van der Waals surface area (Å²) in [4.78, 5) is 0. The molecule has 1 saturated carbocycles. The molecule has 0 saturated heterocycles. The first-order chi connectivity index (χ1) is 10.8. The van der Waals surface area contributed by atoms with E-state index in [0.29, 0.717) is 5.92 Å². The summed E-state index contributed by atoms with van der Waals surface area (Å²) in [5.41, 5.74) is 3.60. The van der Waals surface area contributed by atoms with Crippen LogP contribution in [0, 0.1) is 6.92 Å². The summed E-state index contributed by atoms with van der Waals surface area (Å²) >= 11 is 1.74. The third kappa shape index (κ3) is 2.58. The summed E-state index contributed by atoms with van der Waals surface area (Å²) in [6.07, 6.45) is 6.39. The molecule has 0 unspecified atom stereocenters. The SMILES string of the molecule is Cc1ccc(C2=Nn3c(nnc3C3CCCCC3)SC2)cc1. The van der Waals surface area contributed by atoms with Crippen LogP contribution in [0.15, 0.2) is 34.5 Å². The molecule has 2 aromatic rings. The molecule has 22 heavy (non-hydrogen) atoms. The number of benzene rings is 1. The molecule has 1 aromatic heterocycles. The Morgan fingerprint density at radius 2 is 1.82 bits per heavy atom. The van der Waals surface area contributed by atoms with E-state index in [9.17, 15) is 0 Å². The average molecular weight is 312 g/mol. The van der Waals surface area contributed by atoms with Gasteiger partial charge in [-0.1, -0.05) is 60.9 Å². The second-order valence-electron chi connectivity index (χ2n) is 6.19. The topological polar surface area (TPSA) is 43.1 Å². The molecule has 4 nitrogen and oxygen atoms in total. The highest BCUT2D eigenvalue weighted by molar-refractivity contribution is 7.99. The van der Waals surface area contributed by atoms with Crippen LogP contribution in [-0.4, -0.2) is 26.3 Å². The third-order valence-electron chi connectivity index (χ3n) is 4.55. The van der Waals surface area contributed by atoms with Crippen molar-refractivity contribution >= 4 is 17.5 Å². The van der Waals surface area contributed by atoms with E-state index in [4.69, 9.17) is 5.10 Å². The Balaban J connectivity index is 1.69. The van der Waals surface area contributed by atoms with E-state index in [-0.39, 0.29) is 0 Å². The van der Waals surface area contributed by atoms with Gasteiger partial charge in [-0.2, -0.15) is 9.78 Å². The number of aryl methyl sites for hydroxylation is 1. The van der Waals surface area contributed by atoms with Crippen LogP contribution in [0.4, 0.5) is 0 Å². The molecule has 2 heterocycles. The molecule has 1 aliphatic carbocycles. The summed E-state index contributed by atoms with van der Waals surface area (Å²) in [7, 11) is 0. The van der Waals surface area contributed by atoms with Crippen molar-refractivity contribution in [3.8, 4) is 0 Å². The van der Waals surface area contributed by atoms with Crippen molar-refractivity contribution < 1.29 is 0 Å². The van der Waals surface area contributed by atoms with Crippen LogP contribution < -0.4 is 0 Å². The van der Waals surface area contributed by atoms with Gasteiger partial charge in [0.1, 0.15) is 0 Å². The van der Waals surface area contributed by atoms with E-state index >= 15 is 0 Å². The van der Waals surface area contributed by atoms with E-state index in [1.165, 1.54) is 43.2 Å². The van der Waals surface area contributed by atoms with Crippen LogP contribution in [0.5, 0.6) is 0 Å². The average Bonchev–Trinajstić information content (AvgIpc) is 2.99. The Labute approximate surface area is 135 Å². The third-order valence-corrected chi connectivity index (χ3v) is 5.48. The van der Waals surface area contributed by atoms with Gasteiger partial charge in [-0.05, 0) is 25.3 Å². The first-order valence-electron chi connectivity index (χ1n) is 8.04. The lowest BCUT2D eigenvalue weighted by Gasteiger charge is -2.21. The maximum Gasteiger partial charge on any atom is 0.212 e. The zero-order chi connectivity index (χ0) is 14.9. The van der Waals surface area contributed by atoms with E-state index in [2.05, 4.69) is 41.4 Å². The second kappa shape index (κ2) is 5.88. The van der Waals surface area contributed by atoms with E-state index in [1.54, 1.807) is 11.8 Å². The maximum atomic E-state index is 4.87. The second-order valence-corrected chi connectivity index (χ2v) is 7.13. The maximum absolute atomic E-state index is 4.87. The molecular formula is C17H20N4S. The monoisotopic (exact) mass is 312 g/mol. The van der Waals surface area contributed by atoms with Crippen LogP contribution >= 0.6 is 11.8 Å². The molecule has 0 N–H and O–H groups in total. The molecule has 0 spiro atoms. The summed E-state index contributed by atoms with van der Waals surface area (Å²) < 4.78 is 2.00. The first-order valence-corrected chi connectivity index (χ1v) is 9.03. The van der Waals surface area contributed by atoms with Gasteiger partial charge >= 0.3 is 0 Å². The predicted octanol–water partition coefficient (Wildman–Crippen LogP) is 3.99. The highest BCUT2D eigenvalue weighted by Crippen LogP contribution is 2.34. The summed E-state index contributed by atoms with van der Waals surface area (Å²) in [6.45, 7) is 2.11. The molecule has 114 valence electrons. The van der Waals surface area contributed by atoms with Gasteiger partial charge in [0.15, 0.2) is 5.82 Å². The fourth-order valence-corrected chi connectivity index (χ4v) is 4.09. The van der Waals surface area contributed by atoms with Gasteiger partial charge in [0.2, 0.25) is 5.16 Å². The molecule has 1 fully saturated rings. The van der Waals surface area contributed by atoms with Gasteiger partial charge in [-0.15, -0.1) is 10.2 Å². The molecule has 0 radical (unpaired) electrons. The number of hydrogen-bond acceptors (Lipinski definition) is 4. The zero-order valence-corrected chi connectivity index (χ0v) is 13.6. The van der Waals surface area contributed by atoms with Crippen molar-refractivity contribution in [2.75, 3.05) is 5.75 Å². The highest BCUT2D eigenvalue weighted by atomic mass is 32.2. The normalized spacial score (nSPS) is 18.9. The lowest BCUT2D eigenvalue weighted by molar-refractivity contribution is 0.417. The lowest BCUT2D eigenvalue weighted by atomic mass is 9.89. The van der Waals surface area contributed by atoms with Crippen LogP contribution in [-0.2, 0) is 0 Å². The van der Waals surface area contributed by atoms with Gasteiger partial charge in [-0.25, -0.2) is 0 Å². The van der Waals surface area contributed by atoms with E-state index in [1.807, 2.05) is 4.68 Å². The van der Waals surface area contributed by atoms with Gasteiger partial charge in [-0.3, -0.25) is 0 Å². The molecule has 1 aromatic carbocycles. The first kappa shape index (κ1) is 14.0. The Morgan fingerprint density at radius 1 is 1.05 bits per heavy atom. The zero-order valence-electron chi connectivity index (χ0n) is 12.8. The Bertz CT molecular complexity index is 696. The molecule has 5 heteroatoms. The van der Waals surface area contributed by atoms with Gasteiger partial charge in [0.05, 0.1) is 5.71 Å². The Morgan fingerprint density at radius 3 is 2.59 bits per heavy atom. The highest BCUT2D eigenvalue weighted by Gasteiger charge is 2.26. The van der Waals surface area contributed by atoms with Crippen LogP contribution in [0.1, 0.15) is 55.0 Å². The minimum absolute atomic E-state index is 0.525. The van der Waals surface area contributed by atoms with E-state index in [0.717, 1.165) is 22.4 Å². The minimum atomic E-state index is 0.525. The van der Waals surface area contributed by atoms with Gasteiger partial charge < -0.3 is 0 Å². The molecule has 0 bridgehead atoms. The fraction of sp³-hybridized carbons (Fsp3) is 0.471. The predicted molar refractivity (Wildman–Crippen MR) is 89.7 cm³/mol. The largest absolute Gasteiger partial charge is 0.212 e. The number of fused-ring (bicyclic) bond motifs is 1. The van der Waals surface area contributed by atoms with Crippen molar-refractivity contribution in [2.24, 2.45) is 5.10 Å². The quantitative estimate of drug-likeness (QED) is 0.842. The Kier molecular flexibility index (Phi) is 3.74. The van der Waals surface area contributed by atoms with Crippen molar-refractivity contribution in [1.29, 1.82) is 0 Å². The van der Waals surface area contributed by atoms with Crippen LogP contribution in [0.3, 0.4) is 0 Å². The van der Waals surface area contributed by atoms with Gasteiger partial charge in [0, 0.05) is 11.7 Å². The Hall–Kier alpha value is -1.62. The summed E-state index contributed by atoms with van der Waals surface area (Å²) in [5.74, 6) is 2.45. The smallest absolute Gasteiger partial charge is 0.191 e. The van der Waals surface area contributed by atoms with Crippen molar-refractivity contribution in [3.05, 3.63) is 41.2 Å². The molecule has 0 atom stereocenters. The molecular weight excluding hydrogens is 292 g/mol. The lowest BCUT2D eigenvalue weighted by Crippen LogP contribution is -2.17. The fourth-order valence-electron chi connectivity index (χ4n) is 3.25.